The lowest BCUT2D eigenvalue weighted by atomic mass is 9.71. The summed E-state index contributed by atoms with van der Waals surface area (Å²) in [7, 11) is -1.62. The zero-order chi connectivity index (χ0) is 53.3. The van der Waals surface area contributed by atoms with Crippen molar-refractivity contribution in [2.75, 3.05) is 52.4 Å². The predicted octanol–water partition coefficient (Wildman–Crippen LogP) is 20.6. The van der Waals surface area contributed by atoms with Crippen LogP contribution in [0.1, 0.15) is 365 Å². The van der Waals surface area contributed by atoms with E-state index < -0.39 is 7.12 Å². The predicted molar refractivity (Wildman–Crippen MR) is 323 cm³/mol. The molecule has 0 bridgehead atoms. The zero-order valence-corrected chi connectivity index (χ0v) is 52.0. The maximum absolute atomic E-state index is 10.6. The van der Waals surface area contributed by atoms with Gasteiger partial charge in [-0.2, -0.15) is 0 Å². The van der Waals surface area contributed by atoms with Crippen LogP contribution in [-0.2, 0) is 0 Å². The topological polar surface area (TPSA) is 46.1 Å². The lowest BCUT2D eigenvalue weighted by molar-refractivity contribution is -0.929. The maximum atomic E-state index is 10.6. The largest absolute Gasteiger partial charge is 0.893 e. The number of unbranched alkanes of at least 4 members (excludes halogenated alkanes) is 29. The van der Waals surface area contributed by atoms with Gasteiger partial charge in [-0.05, 0) is 134 Å². The van der Waals surface area contributed by atoms with Gasteiger partial charge in [-0.15, -0.1) is 13.4 Å². The molecule has 0 aromatic carbocycles. The number of quaternary nitrogens is 2. The smallest absolute Gasteiger partial charge is 0.0786 e. The van der Waals surface area contributed by atoms with Gasteiger partial charge in [0.2, 0.25) is 0 Å². The molecule has 430 valence electrons. The van der Waals surface area contributed by atoms with E-state index in [1.165, 1.54) is 337 Å². The summed E-state index contributed by atoms with van der Waals surface area (Å²) in [5.41, 5.74) is 0.538. The number of nitrogens with zero attached hydrogens (tertiary/aromatic N) is 2. The third-order valence-electron chi connectivity index (χ3n) is 16.7. The molecule has 0 atom stereocenters. The summed E-state index contributed by atoms with van der Waals surface area (Å²) in [6, 6.07) is 0. The fourth-order valence-corrected chi connectivity index (χ4v) is 11.7. The standard InChI is InChI=1S/2C24H52N.C18H37BO2/c2*1-5-9-13-17-21-25(22-18-14-10-6-2,23-19-15-11-7-3)24-20-16-12-8-4;1-4-7-13-18(14-8-5-2,15-9-6-3)16-11-10-12-17-19(20)21/h2*5-24H2,1-4H3;4-17H2,1-3H3/q2*+1;-2. The molecule has 0 amide bonds. The average Bonchev–Trinajstić information content (AvgIpc) is 3.37. The Hall–Kier alpha value is -0.0951. The van der Waals surface area contributed by atoms with E-state index in [9.17, 15) is 10.0 Å². The van der Waals surface area contributed by atoms with Crippen LogP contribution >= 0.6 is 0 Å². The van der Waals surface area contributed by atoms with E-state index in [2.05, 4.69) is 76.2 Å². The summed E-state index contributed by atoms with van der Waals surface area (Å²) in [6.45, 7) is 37.2. The molecule has 4 nitrogen and oxygen atoms in total. The molecule has 0 heterocycles. The van der Waals surface area contributed by atoms with Crippen molar-refractivity contribution < 1.29 is 19.0 Å². The van der Waals surface area contributed by atoms with Crippen molar-refractivity contribution in [3.8, 4) is 0 Å². The van der Waals surface area contributed by atoms with Gasteiger partial charge in [0.05, 0.1) is 52.4 Å². The van der Waals surface area contributed by atoms with Gasteiger partial charge >= 0.3 is 0 Å². The molecule has 0 radical (unpaired) electrons. The van der Waals surface area contributed by atoms with Crippen molar-refractivity contribution in [2.45, 2.75) is 371 Å². The van der Waals surface area contributed by atoms with E-state index in [1.807, 2.05) is 0 Å². The van der Waals surface area contributed by atoms with E-state index in [0.717, 1.165) is 12.8 Å². The summed E-state index contributed by atoms with van der Waals surface area (Å²) >= 11 is 0. The van der Waals surface area contributed by atoms with E-state index in [4.69, 9.17) is 0 Å². The second-order valence-corrected chi connectivity index (χ2v) is 23.8. The van der Waals surface area contributed by atoms with Crippen LogP contribution in [0.3, 0.4) is 0 Å². The van der Waals surface area contributed by atoms with Crippen LogP contribution in [0.5, 0.6) is 0 Å². The fourth-order valence-electron chi connectivity index (χ4n) is 11.7. The molecule has 71 heavy (non-hydrogen) atoms. The molecule has 0 unspecified atom stereocenters. The quantitative estimate of drug-likeness (QED) is 0.0346. The Balaban J connectivity index is -0.000000982. The van der Waals surface area contributed by atoms with E-state index in [-0.39, 0.29) is 0 Å². The molecular formula is C66H141BN2O2. The van der Waals surface area contributed by atoms with Crippen molar-refractivity contribution in [2.24, 2.45) is 5.41 Å². The lowest BCUT2D eigenvalue weighted by Crippen LogP contribution is -2.50. The maximum Gasteiger partial charge on any atom is 0.0786 e. The van der Waals surface area contributed by atoms with Crippen LogP contribution < -0.4 is 10.0 Å². The highest BCUT2D eigenvalue weighted by Gasteiger charge is 2.29. The molecule has 0 aliphatic heterocycles. The molecule has 0 aromatic heterocycles. The Morgan fingerprint density at radius 1 is 0.225 bits per heavy atom. The third kappa shape index (κ3) is 50.5. The van der Waals surface area contributed by atoms with Crippen molar-refractivity contribution in [1.29, 1.82) is 0 Å². The van der Waals surface area contributed by atoms with Crippen LogP contribution in [0.25, 0.3) is 0 Å². The second kappa shape index (κ2) is 59.2. The van der Waals surface area contributed by atoms with E-state index in [1.54, 1.807) is 0 Å². The van der Waals surface area contributed by atoms with Gasteiger partial charge < -0.3 is 19.0 Å². The SMILES string of the molecule is CCCCC(CCCC)(CCCC)CCCCCB([O-])[O-].CCCCCC[N+](CCCCCC)(CCCCCC)CCCCCC.CCCCCC[N+](CCCCCC)(CCCCCC)CCCCCC. The van der Waals surface area contributed by atoms with Crippen LogP contribution in [-0.4, -0.2) is 68.4 Å². The van der Waals surface area contributed by atoms with Crippen LogP contribution in [0.4, 0.5) is 0 Å². The van der Waals surface area contributed by atoms with Crippen LogP contribution in [0.2, 0.25) is 6.32 Å². The molecule has 0 saturated carbocycles. The Morgan fingerprint density at radius 3 is 0.592 bits per heavy atom. The molecule has 0 N–H and O–H groups in total. The highest BCUT2D eigenvalue weighted by atomic mass is 16.4. The summed E-state index contributed by atoms with van der Waals surface area (Å²) in [5, 5.41) is 21.1. The molecule has 0 spiro atoms. The van der Waals surface area contributed by atoms with E-state index in [0.29, 0.717) is 11.7 Å². The van der Waals surface area contributed by atoms with Crippen LogP contribution in [0.15, 0.2) is 0 Å². The molecule has 0 saturated heterocycles. The average molecular weight is 1010 g/mol. The lowest BCUT2D eigenvalue weighted by Gasteiger charge is -2.39. The third-order valence-corrected chi connectivity index (χ3v) is 16.7. The molecule has 0 aliphatic rings. The molecule has 0 fully saturated rings. The first-order valence-electron chi connectivity index (χ1n) is 33.6. The van der Waals surface area contributed by atoms with Crippen LogP contribution in [0, 0.1) is 5.41 Å². The summed E-state index contributed by atoms with van der Waals surface area (Å²) in [4.78, 5) is 0. The number of hydrogen-bond acceptors (Lipinski definition) is 2. The monoisotopic (exact) mass is 1010 g/mol. The minimum Gasteiger partial charge on any atom is -0.893 e. The van der Waals surface area contributed by atoms with Crippen molar-refractivity contribution in [3.05, 3.63) is 0 Å². The number of rotatable bonds is 55. The number of hydrogen-bond donors (Lipinski definition) is 0. The first kappa shape index (κ1) is 75.1. The minimum atomic E-state index is -1.62. The molecule has 0 aromatic rings. The van der Waals surface area contributed by atoms with Crippen molar-refractivity contribution in [1.82, 2.24) is 0 Å². The molecular weight excluding hydrogens is 864 g/mol. The first-order valence-corrected chi connectivity index (χ1v) is 33.6. The van der Waals surface area contributed by atoms with Gasteiger partial charge in [0.15, 0.2) is 0 Å². The van der Waals surface area contributed by atoms with Gasteiger partial charge in [0, 0.05) is 0 Å². The Kier molecular flexibility index (Phi) is 62.6. The highest BCUT2D eigenvalue weighted by Crippen LogP contribution is 2.41. The van der Waals surface area contributed by atoms with Gasteiger partial charge in [-0.3, -0.25) is 0 Å². The van der Waals surface area contributed by atoms with Gasteiger partial charge in [-0.25, -0.2) is 0 Å². The Bertz CT molecular complexity index is 779. The normalized spacial score (nSPS) is 12.0. The van der Waals surface area contributed by atoms with Gasteiger partial charge in [0.25, 0.3) is 0 Å². The molecule has 0 rings (SSSR count). The summed E-state index contributed by atoms with van der Waals surface area (Å²) in [6.07, 6.45) is 62.4. The first-order chi connectivity index (χ1) is 34.6. The van der Waals surface area contributed by atoms with Gasteiger partial charge in [-0.1, -0.05) is 237 Å². The van der Waals surface area contributed by atoms with Crippen molar-refractivity contribution >= 4 is 7.12 Å². The Morgan fingerprint density at radius 2 is 0.408 bits per heavy atom. The molecule has 5 heteroatoms. The highest BCUT2D eigenvalue weighted by molar-refractivity contribution is 6.36. The Labute approximate surface area is 453 Å². The van der Waals surface area contributed by atoms with Gasteiger partial charge in [0.1, 0.15) is 0 Å². The molecule has 0 aliphatic carbocycles. The summed E-state index contributed by atoms with van der Waals surface area (Å²) in [5.74, 6) is 0. The van der Waals surface area contributed by atoms with E-state index >= 15 is 0 Å². The summed E-state index contributed by atoms with van der Waals surface area (Å²) < 4.78 is 2.92. The zero-order valence-electron chi connectivity index (χ0n) is 52.0. The minimum absolute atomic E-state index is 0.311. The second-order valence-electron chi connectivity index (χ2n) is 23.8. The van der Waals surface area contributed by atoms with Crippen molar-refractivity contribution in [3.63, 3.8) is 0 Å². The fraction of sp³-hybridized carbons (Fsp3) is 1.00.